The van der Waals surface area contributed by atoms with E-state index in [1.807, 2.05) is 4.31 Å². The summed E-state index contributed by atoms with van der Waals surface area (Å²) in [6.45, 7) is 19.2. The van der Waals surface area contributed by atoms with Crippen molar-refractivity contribution in [2.75, 3.05) is 58.6 Å². The van der Waals surface area contributed by atoms with Crippen LogP contribution in [0.5, 0.6) is 0 Å². The molecule has 0 bridgehead atoms. The molecule has 1 aliphatic rings. The molecule has 8 heteroatoms. The summed E-state index contributed by atoms with van der Waals surface area (Å²) in [5.74, 6) is 1.16. The first kappa shape index (κ1) is 66.8. The molecule has 0 aromatic carbocycles. The average molecular weight is 919 g/mol. The third-order valence-corrected chi connectivity index (χ3v) is 15.1. The lowest BCUT2D eigenvalue weighted by atomic mass is 10.1. The van der Waals surface area contributed by atoms with Crippen LogP contribution in [0.15, 0.2) is 12.2 Å². The monoisotopic (exact) mass is 918 g/mol. The van der Waals surface area contributed by atoms with E-state index >= 15 is 0 Å². The lowest BCUT2D eigenvalue weighted by Gasteiger charge is -2.23. The minimum atomic E-state index is -3.14. The van der Waals surface area contributed by atoms with Crippen LogP contribution in [-0.2, 0) is 10.0 Å². The number of sulfonamides is 1. The summed E-state index contributed by atoms with van der Waals surface area (Å²) in [5, 5.41) is 0. The summed E-state index contributed by atoms with van der Waals surface area (Å²) < 4.78 is 28.5. The Labute approximate surface area is 398 Å². The topological polar surface area (TPSA) is 107 Å². The lowest BCUT2D eigenvalue weighted by molar-refractivity contribution is 0.254. The first-order chi connectivity index (χ1) is 29.8. The van der Waals surface area contributed by atoms with Crippen LogP contribution in [-0.4, -0.2) is 92.1 Å². The Morgan fingerprint density at radius 2 is 0.635 bits per heavy atom. The molecule has 4 N–H and O–H groups in total. The van der Waals surface area contributed by atoms with Gasteiger partial charge in [0.2, 0.25) is 10.0 Å². The van der Waals surface area contributed by atoms with Crippen LogP contribution < -0.4 is 0 Å². The molecule has 0 radical (unpaired) electrons. The molecule has 0 aliphatic heterocycles. The number of allylic oxidation sites excluding steroid dienone is 2. The Bertz CT molecular complexity index is 966. The van der Waals surface area contributed by atoms with E-state index in [2.05, 4.69) is 63.6 Å². The van der Waals surface area contributed by atoms with Crippen LogP contribution in [0.3, 0.4) is 0 Å². The van der Waals surface area contributed by atoms with E-state index in [4.69, 9.17) is 0 Å². The Balaban J connectivity index is -0.000000725. The first-order valence-electron chi connectivity index (χ1n) is 27.9. The summed E-state index contributed by atoms with van der Waals surface area (Å²) in [6, 6.07) is 0. The fourth-order valence-electron chi connectivity index (χ4n) is 8.68. The zero-order chi connectivity index (χ0) is 44.8. The van der Waals surface area contributed by atoms with Gasteiger partial charge in [-0.1, -0.05) is 233 Å². The molecule has 1 aliphatic carbocycles. The summed E-state index contributed by atoms with van der Waals surface area (Å²) in [5.41, 5.74) is 0. The molecule has 0 unspecified atom stereocenters. The van der Waals surface area contributed by atoms with E-state index in [0.29, 0.717) is 5.75 Å². The second kappa shape index (κ2) is 52.5. The van der Waals surface area contributed by atoms with E-state index < -0.39 is 10.0 Å². The minimum absolute atomic E-state index is 0. The Morgan fingerprint density at radius 3 is 0.968 bits per heavy atom. The second-order valence-corrected chi connectivity index (χ2v) is 21.6. The van der Waals surface area contributed by atoms with Crippen LogP contribution in [0.25, 0.3) is 0 Å². The smallest absolute Gasteiger partial charge is 0.214 e. The maximum Gasteiger partial charge on any atom is 0.214 e. The molecule has 0 spiro atoms. The van der Waals surface area contributed by atoms with Crippen LogP contribution in [0.4, 0.5) is 0 Å². The molecule has 384 valence electrons. The van der Waals surface area contributed by atoms with Crippen molar-refractivity contribution in [3.63, 3.8) is 0 Å². The molecule has 0 aromatic heterocycles. The van der Waals surface area contributed by atoms with Gasteiger partial charge in [0.15, 0.2) is 0 Å². The molecule has 0 saturated heterocycles. The third-order valence-electron chi connectivity index (χ3n) is 13.1. The van der Waals surface area contributed by atoms with Crippen molar-refractivity contribution in [3.8, 4) is 0 Å². The molecule has 0 atom stereocenters. The van der Waals surface area contributed by atoms with Gasteiger partial charge in [-0.15, -0.1) is 0 Å². The predicted molar refractivity (Wildman–Crippen MR) is 285 cm³/mol. The molecule has 0 amide bonds. The van der Waals surface area contributed by atoms with E-state index in [0.717, 1.165) is 57.5 Å². The number of unbranched alkanes of at least 4 members (excludes halogenated alkanes) is 30. The van der Waals surface area contributed by atoms with Crippen LogP contribution >= 0.6 is 0 Å². The van der Waals surface area contributed by atoms with Gasteiger partial charge in [0.05, 0.1) is 5.75 Å². The second-order valence-electron chi connectivity index (χ2n) is 19.5. The van der Waals surface area contributed by atoms with E-state index in [-0.39, 0.29) is 12.4 Å². The van der Waals surface area contributed by atoms with E-state index in [9.17, 15) is 8.42 Å². The molecule has 63 heavy (non-hydrogen) atoms. The Hall–Kier alpha value is -0.510. The van der Waals surface area contributed by atoms with Crippen LogP contribution in [0.2, 0.25) is 0 Å². The fraction of sp³-hybridized carbons (Fsp3) is 0.964. The van der Waals surface area contributed by atoms with E-state index in [1.165, 1.54) is 238 Å². The molecule has 0 heterocycles. The Kier molecular flexibility index (Phi) is 55.6. The van der Waals surface area contributed by atoms with Crippen molar-refractivity contribution in [3.05, 3.63) is 12.2 Å². The maximum absolute atomic E-state index is 13.3. The summed E-state index contributed by atoms with van der Waals surface area (Å²) in [4.78, 5) is 5.26. The predicted octanol–water partition coefficient (Wildman–Crippen LogP) is 15.5. The number of rotatable bonds is 49. The highest BCUT2D eigenvalue weighted by atomic mass is 32.2. The van der Waals surface area contributed by atoms with Gasteiger partial charge in [0.1, 0.15) is 0 Å². The van der Waals surface area contributed by atoms with E-state index in [1.54, 1.807) is 0 Å². The zero-order valence-electron chi connectivity index (χ0n) is 43.8. The largest absolute Gasteiger partial charge is 0.412 e. The summed E-state index contributed by atoms with van der Waals surface area (Å²) in [7, 11) is -0.846. The molecule has 7 nitrogen and oxygen atoms in total. The quantitative estimate of drug-likeness (QED) is 0.0447. The standard InChI is InChI=1S/C38H76N2O2S.C17H37N.2H2O.H2/c1-4-7-10-13-17-23-32-39(34-27-22-29-38-30-31-38)33-24-18-16-21-28-37-43(41,42)40(35-25-19-14-11-8-5-2)36-26-20-15-12-9-6-3;1-4-6-8-10-12-14-16-18(3)17-15-13-11-9-7-5-2;;;/h30-31,38H,4-29,32-37H2,1-3H3;4-17H2,1-3H3;2*1H2;1H. The SMILES string of the molecule is CCCCCCCCN(C)CCCCCCCC.CCCCCCCCN(CCCCCCCS(=O)(=O)N(CCCCCCCC)CCCCCCCC)CCCCC1C=C1.O.O.[HH]. The number of nitrogens with zero attached hydrogens (tertiary/aromatic N) is 3. The van der Waals surface area contributed by atoms with Crippen LogP contribution in [0.1, 0.15) is 280 Å². The summed E-state index contributed by atoms with van der Waals surface area (Å²) in [6.07, 6.45) is 54.0. The van der Waals surface area contributed by atoms with Gasteiger partial charge in [-0.3, -0.25) is 0 Å². The van der Waals surface area contributed by atoms with Gasteiger partial charge in [-0.05, 0) is 103 Å². The van der Waals surface area contributed by atoms with Crippen molar-refractivity contribution < 1.29 is 20.8 Å². The van der Waals surface area contributed by atoms with Gasteiger partial charge in [0.25, 0.3) is 0 Å². The minimum Gasteiger partial charge on any atom is -0.412 e. The molecule has 0 aromatic rings. The van der Waals surface area contributed by atoms with Crippen LogP contribution in [0, 0.1) is 5.92 Å². The number of hydrogen-bond donors (Lipinski definition) is 0. The van der Waals surface area contributed by atoms with Gasteiger partial charge in [-0.2, -0.15) is 0 Å². The maximum atomic E-state index is 13.3. The zero-order valence-corrected chi connectivity index (χ0v) is 44.6. The van der Waals surface area contributed by atoms with Gasteiger partial charge in [-0.25, -0.2) is 12.7 Å². The lowest BCUT2D eigenvalue weighted by Crippen LogP contribution is -2.35. The molecule has 0 saturated carbocycles. The van der Waals surface area contributed by atoms with Gasteiger partial charge >= 0.3 is 0 Å². The number of hydrogen-bond acceptors (Lipinski definition) is 4. The highest BCUT2D eigenvalue weighted by Gasteiger charge is 2.21. The normalized spacial score (nSPS) is 12.5. The average Bonchev–Trinajstić information content (AvgIpc) is 4.09. The van der Waals surface area contributed by atoms with Crippen molar-refractivity contribution in [1.29, 1.82) is 0 Å². The van der Waals surface area contributed by atoms with Crippen molar-refractivity contribution in [1.82, 2.24) is 14.1 Å². The van der Waals surface area contributed by atoms with Crippen molar-refractivity contribution in [2.24, 2.45) is 5.92 Å². The van der Waals surface area contributed by atoms with Crippen molar-refractivity contribution in [2.45, 2.75) is 279 Å². The molecule has 0 fully saturated rings. The molecule has 1 rings (SSSR count). The fourth-order valence-corrected chi connectivity index (χ4v) is 10.3. The molecular weight excluding hydrogens is 799 g/mol. The highest BCUT2D eigenvalue weighted by Crippen LogP contribution is 2.23. The van der Waals surface area contributed by atoms with Crippen molar-refractivity contribution >= 4 is 10.0 Å². The Morgan fingerprint density at radius 1 is 0.365 bits per heavy atom. The van der Waals surface area contributed by atoms with Gasteiger partial charge in [0, 0.05) is 14.5 Å². The molecular formula is C55H119N3O4S. The highest BCUT2D eigenvalue weighted by molar-refractivity contribution is 7.89. The summed E-state index contributed by atoms with van der Waals surface area (Å²) >= 11 is 0. The van der Waals surface area contributed by atoms with Gasteiger partial charge < -0.3 is 20.8 Å². The third kappa shape index (κ3) is 49.2. The first-order valence-corrected chi connectivity index (χ1v) is 29.5.